The monoisotopic (exact) mass is 546 g/mol. The van der Waals surface area contributed by atoms with Gasteiger partial charge in [0, 0.05) is 38.7 Å². The van der Waals surface area contributed by atoms with E-state index in [1.54, 1.807) is 7.11 Å². The van der Waals surface area contributed by atoms with Crippen LogP contribution in [-0.2, 0) is 22.9 Å². The van der Waals surface area contributed by atoms with Gasteiger partial charge in [-0.3, -0.25) is 4.79 Å². The fourth-order valence-corrected chi connectivity index (χ4v) is 5.90. The first-order chi connectivity index (χ1) is 18.1. The van der Waals surface area contributed by atoms with Crippen molar-refractivity contribution in [3.05, 3.63) is 75.7 Å². The number of benzene rings is 2. The summed E-state index contributed by atoms with van der Waals surface area (Å²) in [6, 6.07) is 8.58. The second-order valence-electron chi connectivity index (χ2n) is 9.43. The number of halogens is 2. The van der Waals surface area contributed by atoms with E-state index >= 15 is 0 Å². The first kappa shape index (κ1) is 26.1. The molecule has 0 saturated carbocycles. The van der Waals surface area contributed by atoms with Crippen molar-refractivity contribution >= 4 is 15.7 Å². The average Bonchev–Trinajstić information content (AvgIpc) is 2.88. The van der Waals surface area contributed by atoms with Gasteiger partial charge in [-0.1, -0.05) is 12.1 Å². The van der Waals surface area contributed by atoms with Crippen LogP contribution in [0.3, 0.4) is 0 Å². The van der Waals surface area contributed by atoms with Crippen molar-refractivity contribution in [2.24, 2.45) is 0 Å². The van der Waals surface area contributed by atoms with Crippen molar-refractivity contribution in [2.45, 2.75) is 25.4 Å². The molecule has 1 aliphatic heterocycles. The average molecular weight is 547 g/mol. The van der Waals surface area contributed by atoms with Crippen LogP contribution in [-0.4, -0.2) is 68.2 Å². The molecule has 0 amide bonds. The van der Waals surface area contributed by atoms with Crippen LogP contribution in [0, 0.1) is 11.6 Å². The third-order valence-electron chi connectivity index (χ3n) is 6.95. The Hall–Kier alpha value is -3.51. The molecule has 5 rings (SSSR count). The summed E-state index contributed by atoms with van der Waals surface area (Å²) >= 11 is 0. The summed E-state index contributed by atoms with van der Waals surface area (Å²) in [7, 11) is -1.72. The highest BCUT2D eigenvalue weighted by Gasteiger charge is 2.30. The molecule has 2 aromatic carbocycles. The van der Waals surface area contributed by atoms with Crippen molar-refractivity contribution in [2.75, 3.05) is 44.4 Å². The maximum atomic E-state index is 13.9. The Bertz CT molecular complexity index is 1500. The quantitative estimate of drug-likeness (QED) is 0.469. The number of ether oxygens (including phenoxy) is 2. The number of hydrogen-bond donors (Lipinski definition) is 0. The zero-order valence-electron chi connectivity index (χ0n) is 21.1. The van der Waals surface area contributed by atoms with Crippen molar-refractivity contribution < 1.29 is 26.7 Å². The van der Waals surface area contributed by atoms with E-state index in [0.717, 1.165) is 46.0 Å². The molecule has 0 bridgehead atoms. The fourth-order valence-electron chi connectivity index (χ4n) is 5.07. The van der Waals surface area contributed by atoms with E-state index in [2.05, 4.69) is 5.10 Å². The first-order valence-electron chi connectivity index (χ1n) is 12.2. The fraction of sp³-hybridized carbons (Fsp3) is 0.385. The van der Waals surface area contributed by atoms with E-state index in [1.165, 1.54) is 10.5 Å². The minimum absolute atomic E-state index is 0.00817. The van der Waals surface area contributed by atoms with Gasteiger partial charge in [-0.15, -0.1) is 0 Å². The van der Waals surface area contributed by atoms with E-state index in [1.807, 2.05) is 23.1 Å². The van der Waals surface area contributed by atoms with E-state index in [4.69, 9.17) is 9.47 Å². The number of methoxy groups -OCH3 is 1. The summed E-state index contributed by atoms with van der Waals surface area (Å²) in [6.45, 7) is 1.14. The number of rotatable bonds is 6. The van der Waals surface area contributed by atoms with Gasteiger partial charge < -0.3 is 14.4 Å². The molecule has 202 valence electrons. The molecule has 12 heteroatoms. The van der Waals surface area contributed by atoms with Crippen molar-refractivity contribution in [3.63, 3.8) is 0 Å². The van der Waals surface area contributed by atoms with E-state index < -0.39 is 27.2 Å². The number of fused-ring (bicyclic) bond motifs is 1. The zero-order valence-corrected chi connectivity index (χ0v) is 21.9. The second-order valence-corrected chi connectivity index (χ2v) is 11.4. The van der Waals surface area contributed by atoms with Crippen LogP contribution in [0.2, 0.25) is 0 Å². The van der Waals surface area contributed by atoms with Gasteiger partial charge in [-0.25, -0.2) is 17.2 Å². The maximum Gasteiger partial charge on any atom is 0.316 e. The topological polar surface area (TPSA) is 94.0 Å². The van der Waals surface area contributed by atoms with Crippen LogP contribution >= 0.6 is 0 Å². The minimum atomic E-state index is -3.34. The van der Waals surface area contributed by atoms with Crippen LogP contribution < -0.4 is 19.9 Å². The Labute approximate surface area is 219 Å². The molecule has 0 N–H and O–H groups in total. The molecule has 1 aliphatic carbocycles. The Morgan fingerprint density at radius 1 is 1.05 bits per heavy atom. The Kier molecular flexibility index (Phi) is 7.10. The molecule has 0 radical (unpaired) electrons. The molecule has 9 nitrogen and oxygen atoms in total. The van der Waals surface area contributed by atoms with E-state index in [0.29, 0.717) is 38.0 Å². The molecule has 1 saturated heterocycles. The molecular formula is C26H28F2N4O5S. The lowest BCUT2D eigenvalue weighted by atomic mass is 9.89. The van der Waals surface area contributed by atoms with Gasteiger partial charge in [0.05, 0.1) is 25.2 Å². The van der Waals surface area contributed by atoms with Crippen LogP contribution in [0.4, 0.5) is 14.5 Å². The van der Waals surface area contributed by atoms with Crippen LogP contribution in [0.5, 0.6) is 11.5 Å². The molecule has 1 unspecified atom stereocenters. The van der Waals surface area contributed by atoms with Gasteiger partial charge in [0.2, 0.25) is 15.8 Å². The minimum Gasteiger partial charge on any atom is -0.496 e. The van der Waals surface area contributed by atoms with Gasteiger partial charge in [0.1, 0.15) is 29.2 Å². The SMILES string of the molecule is COc1cccc2c1CCC(Oc1c(N3CCN(S(C)(=O)=O)CC3)cnn(-c3cc(F)cc(F)c3)c1=O)C2. The summed E-state index contributed by atoms with van der Waals surface area (Å²) < 4.78 is 65.9. The van der Waals surface area contributed by atoms with Crippen LogP contribution in [0.15, 0.2) is 47.4 Å². The molecule has 2 aliphatic rings. The highest BCUT2D eigenvalue weighted by Crippen LogP contribution is 2.33. The van der Waals surface area contributed by atoms with Crippen LogP contribution in [0.1, 0.15) is 17.5 Å². The molecule has 0 spiro atoms. The lowest BCUT2D eigenvalue weighted by Gasteiger charge is -2.35. The molecule has 2 heterocycles. The highest BCUT2D eigenvalue weighted by molar-refractivity contribution is 7.88. The third-order valence-corrected chi connectivity index (χ3v) is 8.26. The molecule has 3 aromatic rings. The highest BCUT2D eigenvalue weighted by atomic mass is 32.2. The Balaban J connectivity index is 1.51. The Morgan fingerprint density at radius 3 is 2.42 bits per heavy atom. The predicted molar refractivity (Wildman–Crippen MR) is 138 cm³/mol. The largest absolute Gasteiger partial charge is 0.496 e. The second kappa shape index (κ2) is 10.3. The zero-order chi connectivity index (χ0) is 27.0. The van der Waals surface area contributed by atoms with Crippen molar-refractivity contribution in [3.8, 4) is 17.2 Å². The number of piperazine rings is 1. The van der Waals surface area contributed by atoms with Gasteiger partial charge >= 0.3 is 5.56 Å². The standard InChI is InChI=1S/C26H28F2N4O5S/c1-36-24-5-3-4-17-12-21(6-7-22(17)24)37-25-23(30-8-10-31(11-9-30)38(2,34)35)16-29-32(26(25)33)20-14-18(27)13-19(28)15-20/h3-5,13-16,21H,6-12H2,1-2H3. The maximum absolute atomic E-state index is 13.9. The summed E-state index contributed by atoms with van der Waals surface area (Å²) in [4.78, 5) is 15.5. The van der Waals surface area contributed by atoms with E-state index in [-0.39, 0.29) is 30.6 Å². The number of aromatic nitrogens is 2. The molecule has 1 fully saturated rings. The number of sulfonamides is 1. The third kappa shape index (κ3) is 5.23. The molecule has 1 atom stereocenters. The lowest BCUT2D eigenvalue weighted by Crippen LogP contribution is -2.49. The Morgan fingerprint density at radius 2 is 1.76 bits per heavy atom. The number of nitrogens with zero attached hydrogens (tertiary/aromatic N) is 4. The van der Waals surface area contributed by atoms with Gasteiger partial charge in [-0.2, -0.15) is 14.1 Å². The summed E-state index contributed by atoms with van der Waals surface area (Å²) in [5.41, 5.74) is 1.85. The first-order valence-corrected chi connectivity index (χ1v) is 14.1. The van der Waals surface area contributed by atoms with E-state index in [9.17, 15) is 22.0 Å². The molecular weight excluding hydrogens is 518 g/mol. The van der Waals surface area contributed by atoms with Crippen molar-refractivity contribution in [1.82, 2.24) is 14.1 Å². The van der Waals surface area contributed by atoms with Crippen LogP contribution in [0.25, 0.3) is 5.69 Å². The number of hydrogen-bond acceptors (Lipinski definition) is 7. The number of anilines is 1. The smallest absolute Gasteiger partial charge is 0.316 e. The lowest BCUT2D eigenvalue weighted by molar-refractivity contribution is 0.180. The summed E-state index contributed by atoms with van der Waals surface area (Å²) in [5, 5.41) is 4.19. The van der Waals surface area contributed by atoms with Gasteiger partial charge in [-0.05, 0) is 42.2 Å². The molecule has 38 heavy (non-hydrogen) atoms. The van der Waals surface area contributed by atoms with Gasteiger partial charge in [0.25, 0.3) is 0 Å². The summed E-state index contributed by atoms with van der Waals surface area (Å²) in [6.07, 6.45) is 4.12. The predicted octanol–water partition coefficient (Wildman–Crippen LogP) is 2.54. The van der Waals surface area contributed by atoms with Crippen molar-refractivity contribution in [1.29, 1.82) is 0 Å². The van der Waals surface area contributed by atoms with Gasteiger partial charge in [0.15, 0.2) is 0 Å². The summed E-state index contributed by atoms with van der Waals surface area (Å²) in [5.74, 6) is -0.858. The normalized spacial score (nSPS) is 18.2. The molecule has 1 aromatic heterocycles.